The van der Waals surface area contributed by atoms with Gasteiger partial charge in [-0.25, -0.2) is 9.59 Å². The van der Waals surface area contributed by atoms with E-state index in [1.165, 1.54) is 12.1 Å². The van der Waals surface area contributed by atoms with Gasteiger partial charge in [-0.3, -0.25) is 5.10 Å². The van der Waals surface area contributed by atoms with Crippen LogP contribution in [0.15, 0.2) is 36.5 Å². The van der Waals surface area contributed by atoms with Gasteiger partial charge in [0.25, 0.3) is 0 Å². The summed E-state index contributed by atoms with van der Waals surface area (Å²) in [5.41, 5.74) is 2.06. The molecular formula is C17H20N4O3. The molecule has 0 saturated carbocycles. The maximum absolute atomic E-state index is 12.5. The molecule has 126 valence electrons. The maximum atomic E-state index is 12.5. The van der Waals surface area contributed by atoms with Crippen molar-refractivity contribution in [1.29, 1.82) is 0 Å². The number of likely N-dealkylation sites (tertiary alicyclic amines) is 1. The second-order valence-electron chi connectivity index (χ2n) is 5.88. The third-order valence-electron chi connectivity index (χ3n) is 4.29. The van der Waals surface area contributed by atoms with E-state index in [0.717, 1.165) is 30.5 Å². The van der Waals surface area contributed by atoms with Crippen molar-refractivity contribution >= 4 is 12.0 Å². The molecule has 7 nitrogen and oxygen atoms in total. The number of H-pyrrole nitrogens is 1. The van der Waals surface area contributed by atoms with E-state index >= 15 is 0 Å². The summed E-state index contributed by atoms with van der Waals surface area (Å²) in [7, 11) is 0. The summed E-state index contributed by atoms with van der Waals surface area (Å²) in [5.74, 6) is -0.957. The molecule has 1 saturated heterocycles. The first kappa shape index (κ1) is 16.0. The normalized spacial score (nSPS) is 17.5. The largest absolute Gasteiger partial charge is 0.478 e. The average Bonchev–Trinajstić information content (AvgIpc) is 3.14. The molecule has 1 atom stereocenters. The number of benzene rings is 1. The number of nitrogens with zero attached hydrogens (tertiary/aromatic N) is 2. The quantitative estimate of drug-likeness (QED) is 0.803. The summed E-state index contributed by atoms with van der Waals surface area (Å²) in [6.45, 7) is 1.08. The second kappa shape index (κ2) is 7.16. The van der Waals surface area contributed by atoms with Gasteiger partial charge in [0, 0.05) is 19.3 Å². The van der Waals surface area contributed by atoms with Crippen molar-refractivity contribution in [3.63, 3.8) is 0 Å². The highest BCUT2D eigenvalue weighted by Gasteiger charge is 2.28. The highest BCUT2D eigenvalue weighted by Crippen LogP contribution is 2.29. The fourth-order valence-electron chi connectivity index (χ4n) is 2.99. The molecule has 2 heterocycles. The number of rotatable bonds is 4. The number of nitrogens with one attached hydrogen (secondary N) is 2. The summed E-state index contributed by atoms with van der Waals surface area (Å²) in [4.78, 5) is 25.2. The van der Waals surface area contributed by atoms with Crippen LogP contribution < -0.4 is 5.32 Å². The molecule has 0 bridgehead atoms. The van der Waals surface area contributed by atoms with Crippen LogP contribution in [0.1, 0.15) is 46.9 Å². The van der Waals surface area contributed by atoms with Gasteiger partial charge in [-0.05, 0) is 43.0 Å². The summed E-state index contributed by atoms with van der Waals surface area (Å²) < 4.78 is 0. The molecule has 3 rings (SSSR count). The summed E-state index contributed by atoms with van der Waals surface area (Å²) >= 11 is 0. The van der Waals surface area contributed by atoms with Crippen LogP contribution in [0.2, 0.25) is 0 Å². The van der Waals surface area contributed by atoms with Crippen LogP contribution in [0.25, 0.3) is 0 Å². The number of piperidine rings is 1. The van der Waals surface area contributed by atoms with E-state index in [1.54, 1.807) is 18.3 Å². The first-order valence-corrected chi connectivity index (χ1v) is 8.01. The molecule has 0 radical (unpaired) electrons. The number of carbonyl (C=O) groups excluding carboxylic acids is 1. The lowest BCUT2D eigenvalue weighted by Gasteiger charge is -2.35. The predicted molar refractivity (Wildman–Crippen MR) is 87.5 cm³/mol. The van der Waals surface area contributed by atoms with Gasteiger partial charge in [-0.15, -0.1) is 0 Å². The summed E-state index contributed by atoms with van der Waals surface area (Å²) in [6, 6.07) is 8.32. The third-order valence-corrected chi connectivity index (χ3v) is 4.29. The highest BCUT2D eigenvalue weighted by atomic mass is 16.4. The van der Waals surface area contributed by atoms with E-state index in [4.69, 9.17) is 5.11 Å². The zero-order chi connectivity index (χ0) is 16.9. The molecule has 1 aromatic carbocycles. The Morgan fingerprint density at radius 1 is 1.25 bits per heavy atom. The van der Waals surface area contributed by atoms with Crippen molar-refractivity contribution in [3.8, 4) is 0 Å². The number of hydrogen-bond acceptors (Lipinski definition) is 3. The van der Waals surface area contributed by atoms with Crippen LogP contribution in [-0.4, -0.2) is 38.7 Å². The standard InChI is InChI=1S/C17H20N4O3/c22-16(23)13-6-4-12(5-7-13)11-18-17(24)21-10-2-1-3-15(21)14-8-9-19-20-14/h4-9,15H,1-3,10-11H2,(H,18,24)(H,19,20)(H,22,23). The Morgan fingerprint density at radius 3 is 2.71 bits per heavy atom. The molecule has 0 spiro atoms. The zero-order valence-electron chi connectivity index (χ0n) is 13.2. The molecule has 2 aromatic rings. The predicted octanol–water partition coefficient (Wildman–Crippen LogP) is 2.54. The van der Waals surface area contributed by atoms with Crippen LogP contribution in [-0.2, 0) is 6.54 Å². The topological polar surface area (TPSA) is 98.3 Å². The minimum atomic E-state index is -0.957. The second-order valence-corrected chi connectivity index (χ2v) is 5.88. The fraction of sp³-hybridized carbons (Fsp3) is 0.353. The lowest BCUT2D eigenvalue weighted by Crippen LogP contribution is -2.44. The number of urea groups is 1. The Bertz CT molecular complexity index is 697. The van der Waals surface area contributed by atoms with Crippen molar-refractivity contribution in [1.82, 2.24) is 20.4 Å². The Morgan fingerprint density at radius 2 is 2.04 bits per heavy atom. The number of carboxylic acids is 1. The number of carbonyl (C=O) groups is 2. The Balaban J connectivity index is 1.62. The number of carboxylic acid groups (broad SMARTS) is 1. The van der Waals surface area contributed by atoms with Gasteiger partial charge in [0.05, 0.1) is 17.3 Å². The SMILES string of the molecule is O=C(O)c1ccc(CNC(=O)N2CCCCC2c2ccn[nH]2)cc1. The monoisotopic (exact) mass is 328 g/mol. The molecule has 1 fully saturated rings. The van der Waals surface area contributed by atoms with Gasteiger partial charge < -0.3 is 15.3 Å². The van der Waals surface area contributed by atoms with Crippen molar-refractivity contribution < 1.29 is 14.7 Å². The van der Waals surface area contributed by atoms with Gasteiger partial charge in [0.2, 0.25) is 0 Å². The van der Waals surface area contributed by atoms with Gasteiger partial charge >= 0.3 is 12.0 Å². The molecule has 7 heteroatoms. The molecule has 24 heavy (non-hydrogen) atoms. The molecular weight excluding hydrogens is 308 g/mol. The number of aromatic amines is 1. The zero-order valence-corrected chi connectivity index (χ0v) is 13.2. The lowest BCUT2D eigenvalue weighted by molar-refractivity contribution is 0.0697. The fourth-order valence-corrected chi connectivity index (χ4v) is 2.99. The van der Waals surface area contributed by atoms with Crippen LogP contribution in [0.5, 0.6) is 0 Å². The van der Waals surface area contributed by atoms with Gasteiger partial charge in [0.15, 0.2) is 0 Å². The Hall–Kier alpha value is -2.83. The Labute approximate surface area is 139 Å². The van der Waals surface area contributed by atoms with E-state index in [0.29, 0.717) is 13.1 Å². The minimum absolute atomic E-state index is 0.0237. The first-order chi connectivity index (χ1) is 11.6. The van der Waals surface area contributed by atoms with Crippen LogP contribution in [0, 0.1) is 0 Å². The van der Waals surface area contributed by atoms with Crippen molar-refractivity contribution in [3.05, 3.63) is 53.3 Å². The van der Waals surface area contributed by atoms with Crippen LogP contribution in [0.3, 0.4) is 0 Å². The van der Waals surface area contributed by atoms with Crippen molar-refractivity contribution in [2.24, 2.45) is 0 Å². The lowest BCUT2D eigenvalue weighted by atomic mass is 10.00. The van der Waals surface area contributed by atoms with Gasteiger partial charge in [-0.2, -0.15) is 5.10 Å². The molecule has 0 aliphatic carbocycles. The molecule has 1 aliphatic rings. The van der Waals surface area contributed by atoms with E-state index in [9.17, 15) is 9.59 Å². The smallest absolute Gasteiger partial charge is 0.335 e. The van der Waals surface area contributed by atoms with E-state index < -0.39 is 5.97 Å². The third kappa shape index (κ3) is 3.56. The Kier molecular flexibility index (Phi) is 4.79. The number of amides is 2. The number of aromatic carboxylic acids is 1. The minimum Gasteiger partial charge on any atom is -0.478 e. The van der Waals surface area contributed by atoms with E-state index in [1.807, 2.05) is 11.0 Å². The molecule has 3 N–H and O–H groups in total. The van der Waals surface area contributed by atoms with E-state index in [-0.39, 0.29) is 17.6 Å². The molecule has 1 aliphatic heterocycles. The number of hydrogen-bond donors (Lipinski definition) is 3. The van der Waals surface area contributed by atoms with Crippen molar-refractivity contribution in [2.45, 2.75) is 31.8 Å². The number of aromatic nitrogens is 2. The molecule has 1 aromatic heterocycles. The van der Waals surface area contributed by atoms with Gasteiger partial charge in [-0.1, -0.05) is 12.1 Å². The van der Waals surface area contributed by atoms with Crippen LogP contribution in [0.4, 0.5) is 4.79 Å². The molecule has 2 amide bonds. The van der Waals surface area contributed by atoms with Crippen LogP contribution >= 0.6 is 0 Å². The van der Waals surface area contributed by atoms with Crippen molar-refractivity contribution in [2.75, 3.05) is 6.54 Å². The molecule has 1 unspecified atom stereocenters. The highest BCUT2D eigenvalue weighted by molar-refractivity contribution is 5.87. The first-order valence-electron chi connectivity index (χ1n) is 8.01. The maximum Gasteiger partial charge on any atom is 0.335 e. The average molecular weight is 328 g/mol. The summed E-state index contributed by atoms with van der Waals surface area (Å²) in [5, 5.41) is 18.7. The summed E-state index contributed by atoms with van der Waals surface area (Å²) in [6.07, 6.45) is 4.70. The van der Waals surface area contributed by atoms with E-state index in [2.05, 4.69) is 15.5 Å². The van der Waals surface area contributed by atoms with Gasteiger partial charge in [0.1, 0.15) is 0 Å².